The van der Waals surface area contributed by atoms with Crippen molar-refractivity contribution >= 4 is 46.2 Å². The van der Waals surface area contributed by atoms with Gasteiger partial charge < -0.3 is 4.90 Å². The van der Waals surface area contributed by atoms with Crippen molar-refractivity contribution in [3.05, 3.63) is 109 Å². The summed E-state index contributed by atoms with van der Waals surface area (Å²) in [5, 5.41) is 1.19. The molecule has 0 N–H and O–H groups in total. The molecule has 2 aromatic heterocycles. The van der Waals surface area contributed by atoms with Crippen LogP contribution in [0.3, 0.4) is 0 Å². The van der Waals surface area contributed by atoms with Crippen LogP contribution in [0, 0.1) is 0 Å². The molecule has 0 atom stereocenters. The Balaban J connectivity index is 1.62. The van der Waals surface area contributed by atoms with E-state index in [-0.39, 0.29) is 5.56 Å². The van der Waals surface area contributed by atoms with Gasteiger partial charge in [0.05, 0.1) is 14.6 Å². The molecule has 1 aliphatic heterocycles. The van der Waals surface area contributed by atoms with Crippen molar-refractivity contribution in [2.75, 3.05) is 11.4 Å². The first kappa shape index (κ1) is 23.1. The van der Waals surface area contributed by atoms with Crippen molar-refractivity contribution in [2.24, 2.45) is 0 Å². The Labute approximate surface area is 209 Å². The van der Waals surface area contributed by atoms with Crippen LogP contribution in [0.2, 0.25) is 0 Å². The molecule has 0 fully saturated rings. The number of nitrogens with zero attached hydrogens (tertiary/aromatic N) is 3. The number of pyridine rings is 1. The molecule has 35 heavy (non-hydrogen) atoms. The average molecular weight is 481 g/mol. The minimum atomic E-state index is 0.0627. The summed E-state index contributed by atoms with van der Waals surface area (Å²) in [6, 6.07) is 19.0. The Morgan fingerprint density at radius 1 is 0.914 bits per heavy atom. The van der Waals surface area contributed by atoms with Gasteiger partial charge in [-0.3, -0.25) is 9.36 Å². The standard InChI is InChI=1S/C30H30N3OS/c1-4-31-20-19-23(25-12-8-10-14-27(25)31)21-29-33(6-3)30(34)28(35-29)18-17-24-16-15-22-11-7-9-13-26(22)32(24)5-2/h7-21H,4-6H2,1-3H3/q+1. The largest absolute Gasteiger partial charge is 0.341 e. The number of anilines is 1. The number of fused-ring (bicyclic) bond motifs is 2. The fourth-order valence-corrected chi connectivity index (χ4v) is 5.80. The van der Waals surface area contributed by atoms with Gasteiger partial charge in [0.25, 0.3) is 5.56 Å². The molecule has 4 aromatic rings. The van der Waals surface area contributed by atoms with Crippen molar-refractivity contribution in [3.8, 4) is 0 Å². The van der Waals surface area contributed by atoms with Crippen molar-refractivity contribution in [2.45, 2.75) is 33.9 Å². The maximum absolute atomic E-state index is 13.3. The van der Waals surface area contributed by atoms with Crippen LogP contribution in [0.25, 0.3) is 29.1 Å². The van der Waals surface area contributed by atoms with E-state index in [9.17, 15) is 4.79 Å². The quantitative estimate of drug-likeness (QED) is 0.395. The SMILES string of the molecule is CCN1C(=CC=c2sc(=Cc3cc[n+](CC)c4ccccc34)n(CC)c2=O)C=Cc2ccccc21. The Bertz CT molecular complexity index is 1640. The molecule has 0 spiro atoms. The van der Waals surface area contributed by atoms with Crippen LogP contribution in [0.1, 0.15) is 31.9 Å². The van der Waals surface area contributed by atoms with Gasteiger partial charge in [0.2, 0.25) is 5.52 Å². The number of thiazole rings is 1. The molecule has 4 nitrogen and oxygen atoms in total. The van der Waals surface area contributed by atoms with Gasteiger partial charge in [-0.2, -0.15) is 4.57 Å². The third kappa shape index (κ3) is 4.28. The van der Waals surface area contributed by atoms with Crippen LogP contribution in [-0.4, -0.2) is 11.1 Å². The molecule has 3 heterocycles. The highest BCUT2D eigenvalue weighted by Crippen LogP contribution is 2.30. The molecule has 0 unspecified atom stereocenters. The van der Waals surface area contributed by atoms with Gasteiger partial charge in [0, 0.05) is 36.6 Å². The lowest BCUT2D eigenvalue weighted by atomic mass is 10.1. The van der Waals surface area contributed by atoms with Crippen LogP contribution >= 0.6 is 11.3 Å². The molecule has 0 amide bonds. The van der Waals surface area contributed by atoms with Crippen molar-refractivity contribution < 1.29 is 4.57 Å². The highest BCUT2D eigenvalue weighted by atomic mass is 32.1. The van der Waals surface area contributed by atoms with Gasteiger partial charge in [0.15, 0.2) is 6.20 Å². The van der Waals surface area contributed by atoms with E-state index in [4.69, 9.17) is 0 Å². The second-order valence-corrected chi connectivity index (χ2v) is 9.53. The highest BCUT2D eigenvalue weighted by Gasteiger charge is 2.15. The molecule has 2 aromatic carbocycles. The number of benzene rings is 2. The van der Waals surface area contributed by atoms with Crippen molar-refractivity contribution in [1.29, 1.82) is 0 Å². The average Bonchev–Trinajstić information content (AvgIpc) is 3.20. The fourth-order valence-electron chi connectivity index (χ4n) is 4.74. The maximum atomic E-state index is 13.3. The Morgan fingerprint density at radius 2 is 1.71 bits per heavy atom. The van der Waals surface area contributed by atoms with Crippen LogP contribution in [-0.2, 0) is 13.1 Å². The third-order valence-corrected chi connectivity index (χ3v) is 7.60. The molecule has 0 bridgehead atoms. The van der Waals surface area contributed by atoms with Crippen LogP contribution in [0.5, 0.6) is 0 Å². The number of allylic oxidation sites excluding steroid dienone is 2. The smallest absolute Gasteiger partial charge is 0.269 e. The van der Waals surface area contributed by atoms with Gasteiger partial charge in [-0.25, -0.2) is 0 Å². The summed E-state index contributed by atoms with van der Waals surface area (Å²) < 4.78 is 5.83. The van der Waals surface area contributed by atoms with Gasteiger partial charge in [-0.15, -0.1) is 11.3 Å². The summed E-state index contributed by atoms with van der Waals surface area (Å²) in [5.74, 6) is 0. The van der Waals surface area contributed by atoms with Gasteiger partial charge in [-0.05, 0) is 68.3 Å². The third-order valence-electron chi connectivity index (χ3n) is 6.53. The molecule has 1 aliphatic rings. The zero-order valence-electron chi connectivity index (χ0n) is 20.4. The lowest BCUT2D eigenvalue weighted by molar-refractivity contribution is -0.667. The molecule has 0 radical (unpaired) electrons. The second kappa shape index (κ2) is 9.88. The number of aryl methyl sites for hydroxylation is 1. The van der Waals surface area contributed by atoms with Crippen molar-refractivity contribution in [1.82, 2.24) is 4.57 Å². The van der Waals surface area contributed by atoms with Crippen LogP contribution < -0.4 is 24.2 Å². The monoisotopic (exact) mass is 480 g/mol. The van der Waals surface area contributed by atoms with E-state index in [0.29, 0.717) is 6.54 Å². The topological polar surface area (TPSA) is 29.1 Å². The minimum absolute atomic E-state index is 0.0627. The van der Waals surface area contributed by atoms with E-state index in [2.05, 4.69) is 108 Å². The zero-order valence-corrected chi connectivity index (χ0v) is 21.3. The molecular weight excluding hydrogens is 450 g/mol. The molecule has 5 heteroatoms. The highest BCUT2D eigenvalue weighted by molar-refractivity contribution is 7.07. The number of rotatable bonds is 5. The molecule has 0 saturated carbocycles. The van der Waals surface area contributed by atoms with E-state index >= 15 is 0 Å². The predicted molar refractivity (Wildman–Crippen MR) is 148 cm³/mol. The van der Waals surface area contributed by atoms with E-state index in [0.717, 1.165) is 33.5 Å². The van der Waals surface area contributed by atoms with Gasteiger partial charge in [-0.1, -0.05) is 36.4 Å². The summed E-state index contributed by atoms with van der Waals surface area (Å²) >= 11 is 1.55. The molecular formula is C30H30N3OS+. The minimum Gasteiger partial charge on any atom is -0.341 e. The Kier molecular flexibility index (Phi) is 6.51. The first-order chi connectivity index (χ1) is 17.1. The Morgan fingerprint density at radius 3 is 2.51 bits per heavy atom. The van der Waals surface area contributed by atoms with Gasteiger partial charge in [0.1, 0.15) is 6.54 Å². The summed E-state index contributed by atoms with van der Waals surface area (Å²) in [4.78, 5) is 15.5. The Hall–Kier alpha value is -3.70. The summed E-state index contributed by atoms with van der Waals surface area (Å²) in [7, 11) is 0. The lowest BCUT2D eigenvalue weighted by Gasteiger charge is -2.29. The second-order valence-electron chi connectivity index (χ2n) is 8.47. The molecule has 176 valence electrons. The zero-order chi connectivity index (χ0) is 24.4. The molecule has 5 rings (SSSR count). The number of likely N-dealkylation sites (N-methyl/N-ethyl adjacent to an activating group) is 1. The fraction of sp³-hybridized carbons (Fsp3) is 0.200. The normalized spacial score (nSPS) is 15.4. The van der Waals surface area contributed by atoms with Crippen molar-refractivity contribution in [3.63, 3.8) is 0 Å². The number of aromatic nitrogens is 2. The molecule has 0 aliphatic carbocycles. The molecule has 0 saturated heterocycles. The summed E-state index contributed by atoms with van der Waals surface area (Å²) in [6.07, 6.45) is 12.6. The predicted octanol–water partition coefficient (Wildman–Crippen LogP) is 4.44. The summed E-state index contributed by atoms with van der Waals surface area (Å²) in [6.45, 7) is 8.75. The van der Waals surface area contributed by atoms with Crippen LogP contribution in [0.4, 0.5) is 5.69 Å². The first-order valence-corrected chi connectivity index (χ1v) is 13.1. The number of hydrogen-bond donors (Lipinski definition) is 0. The first-order valence-electron chi connectivity index (χ1n) is 12.2. The maximum Gasteiger partial charge on any atom is 0.269 e. The summed E-state index contributed by atoms with van der Waals surface area (Å²) in [5.41, 5.74) is 5.89. The number of hydrogen-bond acceptors (Lipinski definition) is 3. The number of para-hydroxylation sites is 2. The van der Waals surface area contributed by atoms with E-state index in [1.807, 2.05) is 17.6 Å². The van der Waals surface area contributed by atoms with E-state index in [1.165, 1.54) is 22.2 Å². The van der Waals surface area contributed by atoms with Gasteiger partial charge >= 0.3 is 0 Å². The van der Waals surface area contributed by atoms with Crippen LogP contribution in [0.15, 0.2) is 83.4 Å². The van der Waals surface area contributed by atoms with E-state index in [1.54, 1.807) is 11.3 Å². The lowest BCUT2D eigenvalue weighted by Crippen LogP contribution is -2.33. The van der Waals surface area contributed by atoms with E-state index < -0.39 is 0 Å².